The highest BCUT2D eigenvalue weighted by Crippen LogP contribution is 2.07. The molecule has 0 aliphatic carbocycles. The zero-order valence-corrected chi connectivity index (χ0v) is 9.95. The summed E-state index contributed by atoms with van der Waals surface area (Å²) < 4.78 is 0. The Labute approximate surface area is 98.0 Å². The van der Waals surface area contributed by atoms with Gasteiger partial charge in [-0.15, -0.1) is 0 Å². The van der Waals surface area contributed by atoms with Crippen LogP contribution in [0.5, 0.6) is 0 Å². The molecule has 4 nitrogen and oxygen atoms in total. The quantitative estimate of drug-likeness (QED) is 0.551. The first-order valence-electron chi connectivity index (χ1n) is 6.07. The van der Waals surface area contributed by atoms with Gasteiger partial charge in [0, 0.05) is 12.8 Å². The number of carbonyl (C=O) groups is 1. The lowest BCUT2D eigenvalue weighted by atomic mass is 10.0. The van der Waals surface area contributed by atoms with E-state index in [1.54, 1.807) is 0 Å². The number of hydrogen-bond acceptors (Lipinski definition) is 4. The first-order chi connectivity index (χ1) is 7.72. The van der Waals surface area contributed by atoms with Crippen LogP contribution in [0.1, 0.15) is 51.4 Å². The molecule has 0 aliphatic heterocycles. The molecule has 0 aromatic rings. The highest BCUT2D eigenvalue weighted by Gasteiger charge is 2.11. The van der Waals surface area contributed by atoms with E-state index in [0.717, 1.165) is 38.5 Å². The second-order valence-corrected chi connectivity index (χ2v) is 4.08. The van der Waals surface area contributed by atoms with Crippen LogP contribution in [0.25, 0.3) is 0 Å². The zero-order valence-electron chi connectivity index (χ0n) is 9.95. The minimum atomic E-state index is -0.320. The van der Waals surface area contributed by atoms with Gasteiger partial charge in [-0.05, 0) is 32.2 Å². The lowest BCUT2D eigenvalue weighted by Gasteiger charge is -2.09. The fraction of sp³-hybridized carbons (Fsp3) is 0.833. The highest BCUT2D eigenvalue weighted by atomic mass is 16.1. The normalized spacial score (nSPS) is 12.1. The van der Waals surface area contributed by atoms with Crippen molar-refractivity contribution in [1.29, 1.82) is 5.26 Å². The van der Waals surface area contributed by atoms with Crippen molar-refractivity contribution in [1.82, 2.24) is 0 Å². The van der Waals surface area contributed by atoms with Crippen LogP contribution in [0.2, 0.25) is 0 Å². The number of hydrogen-bond donors (Lipinski definition) is 2. The Morgan fingerprint density at radius 2 is 1.94 bits per heavy atom. The SMILES string of the molecule is N#CCCCCC(=O)C(N)CCCCCN. The molecule has 4 N–H and O–H groups in total. The molecule has 0 aromatic carbocycles. The van der Waals surface area contributed by atoms with Crippen molar-refractivity contribution >= 4 is 5.78 Å². The number of Topliss-reactive ketones (excluding diaryl/α,β-unsaturated/α-hetero) is 1. The molecule has 0 spiro atoms. The number of nitriles is 1. The molecule has 0 amide bonds. The Morgan fingerprint density at radius 3 is 2.56 bits per heavy atom. The van der Waals surface area contributed by atoms with E-state index in [2.05, 4.69) is 6.07 Å². The first-order valence-corrected chi connectivity index (χ1v) is 6.07. The number of nitrogens with zero attached hydrogens (tertiary/aromatic N) is 1. The second kappa shape index (κ2) is 10.6. The lowest BCUT2D eigenvalue weighted by molar-refractivity contribution is -0.120. The van der Waals surface area contributed by atoms with Crippen LogP contribution in [-0.4, -0.2) is 18.4 Å². The third kappa shape index (κ3) is 8.39. The lowest BCUT2D eigenvalue weighted by Crippen LogP contribution is -2.30. The molecule has 0 aromatic heterocycles. The average Bonchev–Trinajstić information content (AvgIpc) is 2.29. The van der Waals surface area contributed by atoms with Gasteiger partial charge in [0.1, 0.15) is 5.78 Å². The fourth-order valence-corrected chi connectivity index (χ4v) is 1.54. The molecular weight excluding hydrogens is 202 g/mol. The topological polar surface area (TPSA) is 92.9 Å². The van der Waals surface area contributed by atoms with E-state index in [0.29, 0.717) is 19.4 Å². The van der Waals surface area contributed by atoms with Crippen molar-refractivity contribution in [2.45, 2.75) is 57.4 Å². The van der Waals surface area contributed by atoms with Crippen LogP contribution in [0.4, 0.5) is 0 Å². The molecule has 92 valence electrons. The zero-order chi connectivity index (χ0) is 12.2. The van der Waals surface area contributed by atoms with Crippen LogP contribution in [-0.2, 0) is 4.79 Å². The third-order valence-electron chi connectivity index (χ3n) is 2.59. The minimum Gasteiger partial charge on any atom is -0.330 e. The Bertz CT molecular complexity index is 223. The Morgan fingerprint density at radius 1 is 1.19 bits per heavy atom. The smallest absolute Gasteiger partial charge is 0.149 e. The van der Waals surface area contributed by atoms with Gasteiger partial charge in [0.15, 0.2) is 0 Å². The summed E-state index contributed by atoms with van der Waals surface area (Å²) in [7, 11) is 0. The predicted octanol–water partition coefficient (Wildman–Crippen LogP) is 1.49. The largest absolute Gasteiger partial charge is 0.330 e. The molecule has 0 heterocycles. The van der Waals surface area contributed by atoms with Crippen molar-refractivity contribution < 1.29 is 4.79 Å². The molecule has 0 saturated heterocycles. The van der Waals surface area contributed by atoms with Crippen LogP contribution in [0.3, 0.4) is 0 Å². The van der Waals surface area contributed by atoms with E-state index in [1.165, 1.54) is 0 Å². The van der Waals surface area contributed by atoms with Crippen molar-refractivity contribution in [3.8, 4) is 6.07 Å². The van der Waals surface area contributed by atoms with Gasteiger partial charge >= 0.3 is 0 Å². The van der Waals surface area contributed by atoms with Gasteiger partial charge in [0.2, 0.25) is 0 Å². The van der Waals surface area contributed by atoms with Crippen molar-refractivity contribution in [3.63, 3.8) is 0 Å². The second-order valence-electron chi connectivity index (χ2n) is 4.08. The maximum atomic E-state index is 11.5. The van der Waals surface area contributed by atoms with E-state index >= 15 is 0 Å². The van der Waals surface area contributed by atoms with Gasteiger partial charge in [-0.2, -0.15) is 5.26 Å². The Hall–Kier alpha value is -0.920. The minimum absolute atomic E-state index is 0.130. The van der Waals surface area contributed by atoms with Crippen LogP contribution in [0.15, 0.2) is 0 Å². The van der Waals surface area contributed by atoms with E-state index < -0.39 is 0 Å². The highest BCUT2D eigenvalue weighted by molar-refractivity contribution is 5.83. The van der Waals surface area contributed by atoms with E-state index in [-0.39, 0.29) is 11.8 Å². The van der Waals surface area contributed by atoms with Gasteiger partial charge in [-0.1, -0.05) is 12.8 Å². The molecule has 0 saturated carbocycles. The number of nitrogens with two attached hydrogens (primary N) is 2. The molecule has 1 unspecified atom stereocenters. The summed E-state index contributed by atoms with van der Waals surface area (Å²) in [4.78, 5) is 11.5. The number of ketones is 1. The maximum absolute atomic E-state index is 11.5. The molecule has 16 heavy (non-hydrogen) atoms. The molecular formula is C12H23N3O. The monoisotopic (exact) mass is 225 g/mol. The van der Waals surface area contributed by atoms with E-state index in [4.69, 9.17) is 16.7 Å². The Balaban J connectivity index is 3.46. The van der Waals surface area contributed by atoms with Crippen molar-refractivity contribution in [2.75, 3.05) is 6.54 Å². The van der Waals surface area contributed by atoms with E-state index in [9.17, 15) is 4.79 Å². The molecule has 4 heteroatoms. The average molecular weight is 225 g/mol. The summed E-state index contributed by atoms with van der Waals surface area (Å²) in [6, 6.07) is 1.75. The maximum Gasteiger partial charge on any atom is 0.149 e. The predicted molar refractivity (Wildman–Crippen MR) is 64.6 cm³/mol. The van der Waals surface area contributed by atoms with Crippen molar-refractivity contribution in [3.05, 3.63) is 0 Å². The molecule has 0 bridgehead atoms. The van der Waals surface area contributed by atoms with Gasteiger partial charge < -0.3 is 11.5 Å². The van der Waals surface area contributed by atoms with Crippen LogP contribution in [0, 0.1) is 11.3 Å². The number of unbranched alkanes of at least 4 members (excludes halogenated alkanes) is 4. The third-order valence-corrected chi connectivity index (χ3v) is 2.59. The Kier molecular flexibility index (Phi) is 9.98. The molecule has 1 atom stereocenters. The van der Waals surface area contributed by atoms with Crippen LogP contribution < -0.4 is 11.5 Å². The summed E-state index contributed by atoms with van der Waals surface area (Å²) >= 11 is 0. The summed E-state index contributed by atoms with van der Waals surface area (Å²) in [5.74, 6) is 0.130. The van der Waals surface area contributed by atoms with Crippen LogP contribution >= 0.6 is 0 Å². The summed E-state index contributed by atoms with van der Waals surface area (Å²) in [6.45, 7) is 0.706. The molecule has 0 radical (unpaired) electrons. The standard InChI is InChI=1S/C12H23N3O/c13-9-5-1-3-7-11(15)12(16)8-4-2-6-10-14/h11H,1-9,13,15H2. The molecule has 0 rings (SSSR count). The summed E-state index contributed by atoms with van der Waals surface area (Å²) in [5, 5.41) is 8.34. The van der Waals surface area contributed by atoms with Gasteiger partial charge in [0.25, 0.3) is 0 Å². The van der Waals surface area contributed by atoms with Gasteiger partial charge in [0.05, 0.1) is 12.1 Å². The first kappa shape index (κ1) is 15.1. The molecule has 0 fully saturated rings. The van der Waals surface area contributed by atoms with E-state index in [1.807, 2.05) is 0 Å². The molecule has 0 aliphatic rings. The van der Waals surface area contributed by atoms with Crippen molar-refractivity contribution in [2.24, 2.45) is 11.5 Å². The summed E-state index contributed by atoms with van der Waals surface area (Å²) in [5.41, 5.74) is 11.1. The van der Waals surface area contributed by atoms with Gasteiger partial charge in [-0.25, -0.2) is 0 Å². The number of rotatable bonds is 10. The summed E-state index contributed by atoms with van der Waals surface area (Å²) in [6.07, 6.45) is 6.40. The fourth-order valence-electron chi connectivity index (χ4n) is 1.54. The van der Waals surface area contributed by atoms with Gasteiger partial charge in [-0.3, -0.25) is 4.79 Å². The number of carbonyl (C=O) groups excluding carboxylic acids is 1.